The van der Waals surface area contributed by atoms with Crippen molar-refractivity contribution in [2.75, 3.05) is 85.8 Å². The summed E-state index contributed by atoms with van der Waals surface area (Å²) in [7, 11) is 0. The summed E-state index contributed by atoms with van der Waals surface area (Å²) in [6.45, 7) is 9.45. The molecule has 0 unspecified atom stereocenters. The van der Waals surface area contributed by atoms with Gasteiger partial charge < -0.3 is 38.5 Å². The molecule has 9 nitrogen and oxygen atoms in total. The van der Waals surface area contributed by atoms with Crippen molar-refractivity contribution < 1.29 is 38.0 Å². The Balaban J connectivity index is 1.66. The molecule has 1 rings (SSSR count). The second kappa shape index (κ2) is 29.2. The summed E-state index contributed by atoms with van der Waals surface area (Å²) in [5.41, 5.74) is 0.947. The average Bonchev–Trinajstić information content (AvgIpc) is 2.96. The molecule has 39 heavy (non-hydrogen) atoms. The molecule has 0 saturated heterocycles. The van der Waals surface area contributed by atoms with E-state index in [1.807, 2.05) is 30.3 Å². The van der Waals surface area contributed by atoms with Gasteiger partial charge in [0.05, 0.1) is 72.7 Å². The zero-order chi connectivity index (χ0) is 27.9. The monoisotopic (exact) mass is 555 g/mol. The van der Waals surface area contributed by atoms with Crippen molar-refractivity contribution in [3.8, 4) is 0 Å². The smallest absolute Gasteiger partial charge is 0.407 e. The molecular weight excluding hydrogens is 502 g/mol. The van der Waals surface area contributed by atoms with Gasteiger partial charge in [-0.15, -0.1) is 0 Å². The predicted octanol–water partition coefficient (Wildman–Crippen LogP) is 5.15. The highest BCUT2D eigenvalue weighted by atomic mass is 16.6. The van der Waals surface area contributed by atoms with E-state index in [9.17, 15) is 4.79 Å². The van der Waals surface area contributed by atoms with E-state index in [2.05, 4.69) is 12.2 Å². The van der Waals surface area contributed by atoms with E-state index in [0.29, 0.717) is 79.2 Å². The number of unbranched alkanes of at least 4 members (excludes halogenated alkanes) is 7. The Morgan fingerprint density at radius 2 is 1.00 bits per heavy atom. The Kier molecular flexibility index (Phi) is 26.4. The number of amides is 1. The highest BCUT2D eigenvalue weighted by Crippen LogP contribution is 2.08. The van der Waals surface area contributed by atoms with Crippen LogP contribution in [0.3, 0.4) is 0 Å². The van der Waals surface area contributed by atoms with Crippen LogP contribution >= 0.6 is 0 Å². The van der Waals surface area contributed by atoms with Crippen LogP contribution in [0.15, 0.2) is 30.3 Å². The van der Waals surface area contributed by atoms with Crippen molar-refractivity contribution in [2.45, 2.75) is 64.9 Å². The van der Waals surface area contributed by atoms with E-state index >= 15 is 0 Å². The van der Waals surface area contributed by atoms with Gasteiger partial charge >= 0.3 is 6.09 Å². The molecule has 1 amide bonds. The average molecular weight is 556 g/mol. The van der Waals surface area contributed by atoms with Crippen LogP contribution in [0, 0.1) is 0 Å². The normalized spacial score (nSPS) is 11.1. The lowest BCUT2D eigenvalue weighted by Gasteiger charge is -2.09. The van der Waals surface area contributed by atoms with Gasteiger partial charge in [-0.05, 0) is 12.0 Å². The fraction of sp³-hybridized carbons (Fsp3) is 0.767. The minimum Gasteiger partial charge on any atom is -0.445 e. The first-order chi connectivity index (χ1) is 19.3. The van der Waals surface area contributed by atoms with Crippen molar-refractivity contribution in [3.63, 3.8) is 0 Å². The maximum atomic E-state index is 11.6. The third-order valence-electron chi connectivity index (χ3n) is 5.73. The Hall–Kier alpha value is -1.75. The molecule has 0 aliphatic carbocycles. The van der Waals surface area contributed by atoms with Crippen LogP contribution in [0.5, 0.6) is 0 Å². The van der Waals surface area contributed by atoms with Crippen LogP contribution < -0.4 is 5.32 Å². The Bertz CT molecular complexity index is 635. The van der Waals surface area contributed by atoms with Gasteiger partial charge in [0.15, 0.2) is 0 Å². The van der Waals surface area contributed by atoms with E-state index in [4.69, 9.17) is 33.2 Å². The van der Waals surface area contributed by atoms with Gasteiger partial charge in [-0.3, -0.25) is 0 Å². The SMILES string of the molecule is CCCCCCCCCCOCCOCCOCCOCCOCCOCCNC(=O)OCc1ccccc1. The minimum absolute atomic E-state index is 0.249. The molecule has 0 bridgehead atoms. The van der Waals surface area contributed by atoms with E-state index in [0.717, 1.165) is 18.6 Å². The number of rotatable bonds is 29. The van der Waals surface area contributed by atoms with Crippen LogP contribution in [0.4, 0.5) is 4.79 Å². The summed E-state index contributed by atoms with van der Waals surface area (Å²) < 4.78 is 38.1. The molecular formula is C30H53NO8. The summed E-state index contributed by atoms with van der Waals surface area (Å²) in [6, 6.07) is 9.54. The molecule has 0 aromatic heterocycles. The third-order valence-corrected chi connectivity index (χ3v) is 5.73. The zero-order valence-electron chi connectivity index (χ0n) is 24.2. The maximum absolute atomic E-state index is 11.6. The number of hydrogen-bond donors (Lipinski definition) is 1. The van der Waals surface area contributed by atoms with Gasteiger partial charge in [0.2, 0.25) is 0 Å². The molecule has 0 radical (unpaired) electrons. The lowest BCUT2D eigenvalue weighted by molar-refractivity contribution is -0.0167. The summed E-state index contributed by atoms with van der Waals surface area (Å²) in [5, 5.41) is 2.65. The van der Waals surface area contributed by atoms with Gasteiger partial charge in [0.25, 0.3) is 0 Å². The molecule has 0 aliphatic rings. The quantitative estimate of drug-likeness (QED) is 0.136. The number of ether oxygens (including phenoxy) is 7. The molecule has 1 aromatic carbocycles. The van der Waals surface area contributed by atoms with Gasteiger partial charge in [-0.25, -0.2) is 4.79 Å². The molecule has 0 saturated carbocycles. The molecule has 1 N–H and O–H groups in total. The first-order valence-electron chi connectivity index (χ1n) is 14.7. The lowest BCUT2D eigenvalue weighted by atomic mass is 10.1. The van der Waals surface area contributed by atoms with Crippen LogP contribution in [0.25, 0.3) is 0 Å². The van der Waals surface area contributed by atoms with E-state index < -0.39 is 6.09 Å². The van der Waals surface area contributed by atoms with Crippen molar-refractivity contribution >= 4 is 6.09 Å². The van der Waals surface area contributed by atoms with Gasteiger partial charge in [0.1, 0.15) is 6.61 Å². The standard InChI is InChI=1S/C30H53NO8/c1-2-3-4-5-6-7-8-12-16-33-18-20-35-22-24-37-26-27-38-25-23-36-21-19-34-17-15-31-30(32)39-28-29-13-10-9-11-14-29/h9-11,13-14H,2-8,12,15-28H2,1H3,(H,31,32). The van der Waals surface area contributed by atoms with Crippen LogP contribution in [-0.2, 0) is 39.8 Å². The topological polar surface area (TPSA) is 93.7 Å². The second-order valence-corrected chi connectivity index (χ2v) is 9.14. The van der Waals surface area contributed by atoms with Crippen molar-refractivity contribution in [3.05, 3.63) is 35.9 Å². The number of carbonyl (C=O) groups is 1. The Morgan fingerprint density at radius 3 is 1.51 bits per heavy atom. The molecule has 0 aliphatic heterocycles. The van der Waals surface area contributed by atoms with Crippen LogP contribution in [0.2, 0.25) is 0 Å². The van der Waals surface area contributed by atoms with E-state index in [1.165, 1.54) is 44.9 Å². The number of carbonyl (C=O) groups excluding carboxylic acids is 1. The van der Waals surface area contributed by atoms with Crippen LogP contribution in [0.1, 0.15) is 63.9 Å². The van der Waals surface area contributed by atoms with E-state index in [1.54, 1.807) is 0 Å². The summed E-state index contributed by atoms with van der Waals surface area (Å²) in [5.74, 6) is 0. The minimum atomic E-state index is -0.457. The number of nitrogens with one attached hydrogen (secondary N) is 1. The molecule has 0 atom stereocenters. The summed E-state index contributed by atoms with van der Waals surface area (Å²) >= 11 is 0. The molecule has 226 valence electrons. The van der Waals surface area contributed by atoms with Crippen molar-refractivity contribution in [2.24, 2.45) is 0 Å². The van der Waals surface area contributed by atoms with Crippen molar-refractivity contribution in [1.29, 1.82) is 0 Å². The second-order valence-electron chi connectivity index (χ2n) is 9.14. The fourth-order valence-corrected chi connectivity index (χ4v) is 3.54. The third kappa shape index (κ3) is 26.2. The first-order valence-corrected chi connectivity index (χ1v) is 14.7. The van der Waals surface area contributed by atoms with Crippen LogP contribution in [-0.4, -0.2) is 91.9 Å². The van der Waals surface area contributed by atoms with Gasteiger partial charge in [-0.1, -0.05) is 82.2 Å². The predicted molar refractivity (Wildman–Crippen MR) is 152 cm³/mol. The molecule has 0 heterocycles. The highest BCUT2D eigenvalue weighted by molar-refractivity contribution is 5.67. The van der Waals surface area contributed by atoms with Gasteiger partial charge in [-0.2, -0.15) is 0 Å². The van der Waals surface area contributed by atoms with Crippen molar-refractivity contribution in [1.82, 2.24) is 5.32 Å². The number of benzene rings is 1. The molecule has 0 fully saturated rings. The summed E-state index contributed by atoms with van der Waals surface area (Å²) in [6.07, 6.45) is 10.1. The Morgan fingerprint density at radius 1 is 0.564 bits per heavy atom. The largest absolute Gasteiger partial charge is 0.445 e. The zero-order valence-corrected chi connectivity index (χ0v) is 24.2. The first kappa shape index (κ1) is 35.3. The maximum Gasteiger partial charge on any atom is 0.407 e. The number of alkyl carbamates (subject to hydrolysis) is 1. The molecule has 9 heteroatoms. The van der Waals surface area contributed by atoms with Gasteiger partial charge in [0, 0.05) is 13.2 Å². The highest BCUT2D eigenvalue weighted by Gasteiger charge is 2.01. The fourth-order valence-electron chi connectivity index (χ4n) is 3.54. The Labute approximate surface area is 236 Å². The van der Waals surface area contributed by atoms with E-state index in [-0.39, 0.29) is 6.61 Å². The summed E-state index contributed by atoms with van der Waals surface area (Å²) in [4.78, 5) is 11.6. The number of hydrogen-bond acceptors (Lipinski definition) is 8. The molecule has 0 spiro atoms. The lowest BCUT2D eigenvalue weighted by Crippen LogP contribution is -2.28. The molecule has 1 aromatic rings.